The van der Waals surface area contributed by atoms with Crippen LogP contribution in [0.2, 0.25) is 0 Å². The van der Waals surface area contributed by atoms with Gasteiger partial charge in [0.2, 0.25) is 11.8 Å². The van der Waals surface area contributed by atoms with Crippen molar-refractivity contribution >= 4 is 24.4 Å². The van der Waals surface area contributed by atoms with E-state index in [2.05, 4.69) is 12.6 Å². The molecule has 0 aromatic heterocycles. The Labute approximate surface area is 140 Å². The van der Waals surface area contributed by atoms with Crippen molar-refractivity contribution in [3.8, 4) is 11.5 Å². The first kappa shape index (κ1) is 15.6. The second-order valence-electron chi connectivity index (χ2n) is 5.43. The van der Waals surface area contributed by atoms with Gasteiger partial charge in [0.05, 0.1) is 11.8 Å². The van der Waals surface area contributed by atoms with E-state index in [9.17, 15) is 9.59 Å². The molecule has 23 heavy (non-hydrogen) atoms. The Morgan fingerprint density at radius 3 is 2.35 bits per heavy atom. The monoisotopic (exact) mass is 327 g/mol. The molecule has 2 aromatic carbocycles. The molecular formula is C18H17NO3S. The maximum atomic E-state index is 12.1. The van der Waals surface area contributed by atoms with Crippen molar-refractivity contribution in [1.29, 1.82) is 0 Å². The molecule has 2 aromatic rings. The van der Waals surface area contributed by atoms with Gasteiger partial charge in [0.15, 0.2) is 0 Å². The number of para-hydroxylation sites is 1. The third-order valence-electron chi connectivity index (χ3n) is 3.73. The summed E-state index contributed by atoms with van der Waals surface area (Å²) in [4.78, 5) is 25.2. The largest absolute Gasteiger partial charge is 0.457 e. The Bertz CT molecular complexity index is 700. The maximum absolute atomic E-state index is 12.1. The number of piperidine rings is 1. The Morgan fingerprint density at radius 1 is 1.00 bits per heavy atom. The summed E-state index contributed by atoms with van der Waals surface area (Å²) >= 11 is 4.23. The van der Waals surface area contributed by atoms with Crippen molar-refractivity contribution in [1.82, 2.24) is 4.90 Å². The van der Waals surface area contributed by atoms with Gasteiger partial charge in [-0.3, -0.25) is 14.5 Å². The zero-order valence-corrected chi connectivity index (χ0v) is 13.4. The lowest BCUT2D eigenvalue weighted by atomic mass is 10.1. The van der Waals surface area contributed by atoms with Crippen molar-refractivity contribution in [3.05, 3.63) is 60.2 Å². The van der Waals surface area contributed by atoms with Crippen molar-refractivity contribution in [2.75, 3.05) is 0 Å². The van der Waals surface area contributed by atoms with Gasteiger partial charge >= 0.3 is 0 Å². The molecule has 0 N–H and O–H groups in total. The quantitative estimate of drug-likeness (QED) is 0.691. The van der Waals surface area contributed by atoms with Crippen LogP contribution in [0.5, 0.6) is 11.5 Å². The minimum Gasteiger partial charge on any atom is -0.457 e. The van der Waals surface area contributed by atoms with Gasteiger partial charge < -0.3 is 4.74 Å². The topological polar surface area (TPSA) is 46.6 Å². The number of ether oxygens (including phenoxy) is 1. The third-order valence-corrected chi connectivity index (χ3v) is 4.21. The van der Waals surface area contributed by atoms with E-state index in [4.69, 9.17) is 4.74 Å². The van der Waals surface area contributed by atoms with Crippen LogP contribution in [0, 0.1) is 0 Å². The maximum Gasteiger partial charge on any atom is 0.242 e. The molecule has 1 heterocycles. The van der Waals surface area contributed by atoms with Gasteiger partial charge in [0, 0.05) is 6.42 Å². The molecule has 1 saturated heterocycles. The van der Waals surface area contributed by atoms with Crippen molar-refractivity contribution in [2.24, 2.45) is 0 Å². The first-order valence-electron chi connectivity index (χ1n) is 7.47. The Kier molecular flexibility index (Phi) is 4.67. The molecule has 3 rings (SSSR count). The standard InChI is InChI=1S/C18H17NO3S/c20-17-11-10-16(23)18(21)19(17)12-13-6-8-15(9-7-13)22-14-4-2-1-3-5-14/h1-9,16,23H,10-12H2. The fraction of sp³-hybridized carbons (Fsp3) is 0.222. The van der Waals surface area contributed by atoms with E-state index >= 15 is 0 Å². The lowest BCUT2D eigenvalue weighted by Gasteiger charge is -2.28. The van der Waals surface area contributed by atoms with Crippen molar-refractivity contribution in [3.63, 3.8) is 0 Å². The summed E-state index contributed by atoms with van der Waals surface area (Å²) in [5.41, 5.74) is 0.884. The Morgan fingerprint density at radius 2 is 1.65 bits per heavy atom. The van der Waals surface area contributed by atoms with Gasteiger partial charge in [-0.2, -0.15) is 12.6 Å². The van der Waals surface area contributed by atoms with Crippen LogP contribution in [0.4, 0.5) is 0 Å². The number of hydrogen-bond donors (Lipinski definition) is 1. The number of nitrogens with zero attached hydrogens (tertiary/aromatic N) is 1. The Hall–Kier alpha value is -2.27. The SMILES string of the molecule is O=C1CCC(S)C(=O)N1Cc1ccc(Oc2ccccc2)cc1. The summed E-state index contributed by atoms with van der Waals surface area (Å²) in [6.45, 7) is 0.278. The summed E-state index contributed by atoms with van der Waals surface area (Å²) in [7, 11) is 0. The lowest BCUT2D eigenvalue weighted by molar-refractivity contribution is -0.148. The average Bonchev–Trinajstić information content (AvgIpc) is 2.58. The molecule has 1 aliphatic heterocycles. The van der Waals surface area contributed by atoms with Crippen LogP contribution in [-0.4, -0.2) is 22.0 Å². The first-order valence-corrected chi connectivity index (χ1v) is 7.99. The highest BCUT2D eigenvalue weighted by molar-refractivity contribution is 7.81. The number of likely N-dealkylation sites (tertiary alicyclic amines) is 1. The summed E-state index contributed by atoms with van der Waals surface area (Å²) in [5.74, 6) is 1.13. The lowest BCUT2D eigenvalue weighted by Crippen LogP contribution is -2.45. The number of carbonyl (C=O) groups excluding carboxylic acids is 2. The normalized spacial score (nSPS) is 18.1. The molecule has 0 saturated carbocycles. The number of thiol groups is 1. The first-order chi connectivity index (χ1) is 11.1. The number of imide groups is 1. The summed E-state index contributed by atoms with van der Waals surface area (Å²) < 4.78 is 5.72. The molecule has 2 amide bonds. The summed E-state index contributed by atoms with van der Waals surface area (Å²) in [5, 5.41) is -0.381. The van der Waals surface area contributed by atoms with Gasteiger partial charge in [-0.1, -0.05) is 30.3 Å². The molecule has 4 nitrogen and oxygen atoms in total. The van der Waals surface area contributed by atoms with Crippen LogP contribution < -0.4 is 4.74 Å². The highest BCUT2D eigenvalue weighted by Crippen LogP contribution is 2.23. The van der Waals surface area contributed by atoms with E-state index in [-0.39, 0.29) is 23.6 Å². The number of hydrogen-bond acceptors (Lipinski definition) is 4. The van der Waals surface area contributed by atoms with Crippen LogP contribution >= 0.6 is 12.6 Å². The number of rotatable bonds is 4. The van der Waals surface area contributed by atoms with Gasteiger partial charge in [-0.05, 0) is 36.2 Å². The van der Waals surface area contributed by atoms with Crippen LogP contribution in [0.25, 0.3) is 0 Å². The van der Waals surface area contributed by atoms with E-state index in [1.165, 1.54) is 4.90 Å². The van der Waals surface area contributed by atoms with Crippen LogP contribution in [0.1, 0.15) is 18.4 Å². The molecule has 0 radical (unpaired) electrons. The van der Waals surface area contributed by atoms with Crippen molar-refractivity contribution in [2.45, 2.75) is 24.6 Å². The number of carbonyl (C=O) groups is 2. The fourth-order valence-electron chi connectivity index (χ4n) is 2.46. The minimum atomic E-state index is -0.381. The van der Waals surface area contributed by atoms with Crippen molar-refractivity contribution < 1.29 is 14.3 Å². The van der Waals surface area contributed by atoms with Crippen LogP contribution in [-0.2, 0) is 16.1 Å². The fourth-order valence-corrected chi connectivity index (χ4v) is 2.73. The zero-order valence-electron chi connectivity index (χ0n) is 12.5. The molecule has 118 valence electrons. The molecule has 1 atom stereocenters. The highest BCUT2D eigenvalue weighted by atomic mass is 32.1. The van der Waals surface area contributed by atoms with E-state index in [0.29, 0.717) is 18.6 Å². The molecule has 1 aliphatic rings. The smallest absolute Gasteiger partial charge is 0.242 e. The number of benzene rings is 2. The van der Waals surface area contributed by atoms with E-state index in [0.717, 1.165) is 11.3 Å². The van der Waals surface area contributed by atoms with Gasteiger partial charge in [0.1, 0.15) is 11.5 Å². The third kappa shape index (κ3) is 3.74. The van der Waals surface area contributed by atoms with E-state index in [1.807, 2.05) is 54.6 Å². The average molecular weight is 327 g/mol. The zero-order chi connectivity index (χ0) is 16.2. The molecule has 0 bridgehead atoms. The number of amides is 2. The highest BCUT2D eigenvalue weighted by Gasteiger charge is 2.31. The molecular weight excluding hydrogens is 310 g/mol. The molecule has 0 spiro atoms. The minimum absolute atomic E-state index is 0.134. The van der Waals surface area contributed by atoms with E-state index in [1.54, 1.807) is 0 Å². The predicted molar refractivity (Wildman–Crippen MR) is 90.5 cm³/mol. The summed E-state index contributed by atoms with van der Waals surface area (Å²) in [6, 6.07) is 16.9. The van der Waals surface area contributed by atoms with Crippen LogP contribution in [0.3, 0.4) is 0 Å². The molecule has 1 unspecified atom stereocenters. The van der Waals surface area contributed by atoms with Gasteiger partial charge in [-0.25, -0.2) is 0 Å². The Balaban J connectivity index is 1.67. The van der Waals surface area contributed by atoms with Gasteiger partial charge in [0.25, 0.3) is 0 Å². The predicted octanol–water partition coefficient (Wildman–Crippen LogP) is 3.43. The molecule has 5 heteroatoms. The summed E-state index contributed by atoms with van der Waals surface area (Å²) in [6.07, 6.45) is 0.885. The van der Waals surface area contributed by atoms with E-state index < -0.39 is 0 Å². The van der Waals surface area contributed by atoms with Gasteiger partial charge in [-0.15, -0.1) is 0 Å². The molecule has 1 fully saturated rings. The second kappa shape index (κ2) is 6.87. The molecule has 0 aliphatic carbocycles. The second-order valence-corrected chi connectivity index (χ2v) is 6.06. The van der Waals surface area contributed by atoms with Crippen LogP contribution in [0.15, 0.2) is 54.6 Å².